The van der Waals surface area contributed by atoms with Crippen LogP contribution >= 0.6 is 0 Å². The molecule has 1 aromatic rings. The van der Waals surface area contributed by atoms with E-state index in [-0.39, 0.29) is 6.42 Å². The van der Waals surface area contributed by atoms with Crippen LogP contribution in [0.15, 0.2) is 17.7 Å². The summed E-state index contributed by atoms with van der Waals surface area (Å²) in [6.07, 6.45) is 1.57. The van der Waals surface area contributed by atoms with Gasteiger partial charge in [0.15, 0.2) is 5.60 Å². The molecule has 2 aliphatic carbocycles. The van der Waals surface area contributed by atoms with Crippen LogP contribution in [0.3, 0.4) is 0 Å². The molecule has 1 N–H and O–H groups in total. The van der Waals surface area contributed by atoms with Crippen LogP contribution in [0.5, 0.6) is 5.75 Å². The van der Waals surface area contributed by atoms with Crippen molar-refractivity contribution in [2.75, 3.05) is 21.3 Å². The van der Waals surface area contributed by atoms with Crippen molar-refractivity contribution in [3.8, 4) is 5.75 Å². The van der Waals surface area contributed by atoms with Crippen molar-refractivity contribution in [1.29, 1.82) is 0 Å². The van der Waals surface area contributed by atoms with Gasteiger partial charge in [-0.1, -0.05) is 11.6 Å². The highest BCUT2D eigenvalue weighted by Gasteiger charge is 2.44. The topological polar surface area (TPSA) is 82.1 Å². The fourth-order valence-corrected chi connectivity index (χ4v) is 3.72. The molecule has 0 saturated heterocycles. The summed E-state index contributed by atoms with van der Waals surface area (Å²) in [6, 6.07) is 3.67. The van der Waals surface area contributed by atoms with E-state index in [0.717, 1.165) is 22.3 Å². The number of ether oxygens (including phenoxy) is 3. The van der Waals surface area contributed by atoms with Crippen LogP contribution in [0.4, 0.5) is 0 Å². The van der Waals surface area contributed by atoms with Gasteiger partial charge >= 0.3 is 11.9 Å². The zero-order chi connectivity index (χ0) is 17.5. The van der Waals surface area contributed by atoms with Crippen LogP contribution in [-0.4, -0.2) is 44.0 Å². The molecule has 128 valence electrons. The van der Waals surface area contributed by atoms with Crippen LogP contribution in [-0.2, 0) is 20.7 Å². The average molecular weight is 332 g/mol. The second-order valence-electron chi connectivity index (χ2n) is 6.12. The summed E-state index contributed by atoms with van der Waals surface area (Å²) in [5.74, 6) is -0.605. The number of esters is 2. The first-order valence-corrected chi connectivity index (χ1v) is 7.75. The Labute approximate surface area is 140 Å². The summed E-state index contributed by atoms with van der Waals surface area (Å²) in [6.45, 7) is 0. The fraction of sp³-hybridized carbons (Fsp3) is 0.444. The van der Waals surface area contributed by atoms with Crippen LogP contribution < -0.4 is 4.74 Å². The molecule has 0 bridgehead atoms. The summed E-state index contributed by atoms with van der Waals surface area (Å²) in [4.78, 5) is 24.1. The number of aliphatic hydroxyl groups is 1. The normalized spacial score (nSPS) is 21.8. The number of carbonyl (C=O) groups excluding carboxylic acids is 2. The maximum Gasteiger partial charge on any atom is 0.341 e. The molecule has 0 aromatic heterocycles. The van der Waals surface area contributed by atoms with Gasteiger partial charge in [0.2, 0.25) is 0 Å². The van der Waals surface area contributed by atoms with Crippen molar-refractivity contribution in [3.63, 3.8) is 0 Å². The largest absolute Gasteiger partial charge is 0.496 e. The lowest BCUT2D eigenvalue weighted by atomic mass is 9.80. The van der Waals surface area contributed by atoms with E-state index < -0.39 is 17.5 Å². The molecule has 0 saturated carbocycles. The van der Waals surface area contributed by atoms with Crippen molar-refractivity contribution in [2.45, 2.75) is 31.3 Å². The average Bonchev–Trinajstić information content (AvgIpc) is 2.96. The molecular weight excluding hydrogens is 312 g/mol. The Kier molecular flexibility index (Phi) is 4.09. The molecular formula is C18H20O6. The molecule has 3 rings (SSSR count). The molecule has 1 unspecified atom stereocenters. The van der Waals surface area contributed by atoms with Gasteiger partial charge in [-0.2, -0.15) is 0 Å². The molecule has 24 heavy (non-hydrogen) atoms. The Hall–Kier alpha value is -2.34. The molecule has 0 amide bonds. The monoisotopic (exact) mass is 332 g/mol. The second kappa shape index (κ2) is 5.94. The molecule has 1 atom stereocenters. The summed E-state index contributed by atoms with van der Waals surface area (Å²) in [7, 11) is 4.11. The molecule has 0 radical (unpaired) electrons. The van der Waals surface area contributed by atoms with E-state index in [4.69, 9.17) is 14.2 Å². The molecule has 0 aliphatic heterocycles. The van der Waals surface area contributed by atoms with Crippen LogP contribution in [0.25, 0.3) is 5.57 Å². The number of benzene rings is 1. The van der Waals surface area contributed by atoms with Crippen molar-refractivity contribution in [2.24, 2.45) is 0 Å². The van der Waals surface area contributed by atoms with E-state index in [9.17, 15) is 14.7 Å². The number of hydrogen-bond donors (Lipinski definition) is 1. The lowest BCUT2D eigenvalue weighted by Crippen LogP contribution is -2.41. The SMILES string of the molecule is COC(=O)c1c(OC)ccc2c1CC1=C2CCC(O)(C(=O)OC)C1. The van der Waals surface area contributed by atoms with Gasteiger partial charge in [-0.05, 0) is 42.0 Å². The predicted octanol–water partition coefficient (Wildman–Crippen LogP) is 1.88. The minimum Gasteiger partial charge on any atom is -0.496 e. The third-order valence-corrected chi connectivity index (χ3v) is 4.89. The maximum atomic E-state index is 12.2. The summed E-state index contributed by atoms with van der Waals surface area (Å²) in [5, 5.41) is 10.6. The number of hydrogen-bond acceptors (Lipinski definition) is 6. The molecule has 6 nitrogen and oxygen atoms in total. The van der Waals surface area contributed by atoms with Crippen molar-refractivity contribution in [1.82, 2.24) is 0 Å². The van der Waals surface area contributed by atoms with Gasteiger partial charge < -0.3 is 19.3 Å². The van der Waals surface area contributed by atoms with Gasteiger partial charge in [-0.15, -0.1) is 0 Å². The minimum absolute atomic E-state index is 0.215. The van der Waals surface area contributed by atoms with E-state index in [1.165, 1.54) is 21.3 Å². The lowest BCUT2D eigenvalue weighted by Gasteiger charge is -2.30. The standard InChI is InChI=1S/C18H20O6/c1-22-14-5-4-12-11-6-7-18(21,17(20)24-3)9-10(11)8-13(12)15(14)16(19)23-2/h4-5,21H,6-9H2,1-3H3. The highest BCUT2D eigenvalue weighted by atomic mass is 16.5. The first kappa shape index (κ1) is 16.5. The second-order valence-corrected chi connectivity index (χ2v) is 6.12. The Morgan fingerprint density at radius 3 is 2.54 bits per heavy atom. The van der Waals surface area contributed by atoms with Gasteiger partial charge in [0.05, 0.1) is 21.3 Å². The van der Waals surface area contributed by atoms with E-state index in [1.54, 1.807) is 6.07 Å². The third kappa shape index (κ3) is 2.38. The van der Waals surface area contributed by atoms with Gasteiger partial charge in [-0.3, -0.25) is 0 Å². The first-order valence-electron chi connectivity index (χ1n) is 7.75. The molecule has 0 fully saturated rings. The summed E-state index contributed by atoms with van der Waals surface area (Å²) in [5.41, 5.74) is 2.77. The Morgan fingerprint density at radius 1 is 1.17 bits per heavy atom. The Bertz CT molecular complexity index is 748. The number of rotatable bonds is 3. The number of fused-ring (bicyclic) bond motifs is 2. The molecule has 1 aromatic carbocycles. The summed E-state index contributed by atoms with van der Waals surface area (Å²) < 4.78 is 14.9. The van der Waals surface area contributed by atoms with Gasteiger partial charge in [0.25, 0.3) is 0 Å². The van der Waals surface area contributed by atoms with Crippen LogP contribution in [0.2, 0.25) is 0 Å². The first-order chi connectivity index (χ1) is 11.4. The zero-order valence-electron chi connectivity index (χ0n) is 14.0. The van der Waals surface area contributed by atoms with Crippen molar-refractivity contribution in [3.05, 3.63) is 34.4 Å². The quantitative estimate of drug-likeness (QED) is 0.851. The number of allylic oxidation sites excluding steroid dienone is 1. The smallest absolute Gasteiger partial charge is 0.341 e. The summed E-state index contributed by atoms with van der Waals surface area (Å²) >= 11 is 0. The van der Waals surface area contributed by atoms with Crippen LogP contribution in [0.1, 0.15) is 40.7 Å². The highest BCUT2D eigenvalue weighted by Crippen LogP contribution is 2.47. The minimum atomic E-state index is -1.49. The Morgan fingerprint density at radius 2 is 1.92 bits per heavy atom. The van der Waals surface area contributed by atoms with E-state index >= 15 is 0 Å². The van der Waals surface area contributed by atoms with Crippen molar-refractivity contribution < 1.29 is 28.9 Å². The molecule has 2 aliphatic rings. The lowest BCUT2D eigenvalue weighted by molar-refractivity contribution is -0.163. The van der Waals surface area contributed by atoms with Gasteiger partial charge in [0.1, 0.15) is 11.3 Å². The molecule has 0 heterocycles. The zero-order valence-corrected chi connectivity index (χ0v) is 14.0. The van der Waals surface area contributed by atoms with E-state index in [0.29, 0.717) is 30.6 Å². The van der Waals surface area contributed by atoms with Gasteiger partial charge in [-0.25, -0.2) is 9.59 Å². The fourth-order valence-electron chi connectivity index (χ4n) is 3.72. The van der Waals surface area contributed by atoms with Crippen LogP contribution in [0, 0.1) is 0 Å². The van der Waals surface area contributed by atoms with Crippen molar-refractivity contribution >= 4 is 17.5 Å². The Balaban J connectivity index is 2.02. The highest BCUT2D eigenvalue weighted by molar-refractivity contribution is 5.98. The molecule has 6 heteroatoms. The predicted molar refractivity (Wildman–Crippen MR) is 85.8 cm³/mol. The number of methoxy groups -OCH3 is 3. The third-order valence-electron chi connectivity index (χ3n) is 4.89. The maximum absolute atomic E-state index is 12.2. The molecule has 0 spiro atoms. The van der Waals surface area contributed by atoms with E-state index in [2.05, 4.69) is 0 Å². The number of carbonyl (C=O) groups is 2. The van der Waals surface area contributed by atoms with E-state index in [1.807, 2.05) is 6.07 Å². The van der Waals surface area contributed by atoms with Gasteiger partial charge in [0, 0.05) is 6.42 Å².